The minimum atomic E-state index is -0.117. The molecule has 0 fully saturated rings. The van der Waals surface area contributed by atoms with Crippen molar-refractivity contribution in [2.45, 2.75) is 58.9 Å². The molecule has 0 amide bonds. The maximum absolute atomic E-state index is 6.60. The van der Waals surface area contributed by atoms with Crippen molar-refractivity contribution in [2.75, 3.05) is 26.7 Å². The largest absolute Gasteiger partial charge is 0.497 e. The number of imidazole rings is 1. The third kappa shape index (κ3) is 6.20. The van der Waals surface area contributed by atoms with Gasteiger partial charge in [-0.1, -0.05) is 52.8 Å². The molecule has 0 radical (unpaired) electrons. The lowest BCUT2D eigenvalue weighted by Gasteiger charge is -2.19. The lowest BCUT2D eigenvalue weighted by Crippen LogP contribution is -2.25. The van der Waals surface area contributed by atoms with Crippen molar-refractivity contribution in [3.8, 4) is 28.3 Å². The van der Waals surface area contributed by atoms with Crippen LogP contribution >= 0.6 is 0 Å². The molecule has 4 rings (SSSR count). The Hall–Kier alpha value is -3.22. The molecule has 0 bridgehead atoms. The first-order chi connectivity index (χ1) is 17.7. The third-order valence-corrected chi connectivity index (χ3v) is 7.07. The summed E-state index contributed by atoms with van der Waals surface area (Å²) < 4.78 is 5.40. The van der Waals surface area contributed by atoms with Gasteiger partial charge in [0.25, 0.3) is 0 Å². The van der Waals surface area contributed by atoms with Gasteiger partial charge in [-0.25, -0.2) is 4.98 Å². The zero-order valence-electron chi connectivity index (χ0n) is 23.1. The molecule has 2 heterocycles. The summed E-state index contributed by atoms with van der Waals surface area (Å²) in [5.41, 5.74) is 11.5. The Morgan fingerprint density at radius 2 is 1.70 bits per heavy atom. The lowest BCUT2D eigenvalue weighted by atomic mass is 9.96. The van der Waals surface area contributed by atoms with Crippen molar-refractivity contribution in [1.29, 1.82) is 0 Å². The van der Waals surface area contributed by atoms with E-state index in [4.69, 9.17) is 15.5 Å². The maximum Gasteiger partial charge on any atom is 0.119 e. The van der Waals surface area contributed by atoms with Gasteiger partial charge in [0, 0.05) is 28.8 Å². The molecule has 0 aliphatic rings. The van der Waals surface area contributed by atoms with Crippen LogP contribution in [0.15, 0.2) is 54.7 Å². The van der Waals surface area contributed by atoms with Gasteiger partial charge in [-0.3, -0.25) is 4.98 Å². The quantitative estimate of drug-likeness (QED) is 0.253. The molecule has 0 saturated heterocycles. The molecular formula is C31H41N5O. The van der Waals surface area contributed by atoms with Crippen molar-refractivity contribution in [2.24, 2.45) is 5.73 Å². The summed E-state index contributed by atoms with van der Waals surface area (Å²) >= 11 is 0. The monoisotopic (exact) mass is 499 g/mol. The number of methoxy groups -OCH3 is 1. The van der Waals surface area contributed by atoms with Gasteiger partial charge in [-0.2, -0.15) is 0 Å². The minimum absolute atomic E-state index is 0.0976. The smallest absolute Gasteiger partial charge is 0.119 e. The number of nitrogens with one attached hydrogen (secondary N) is 1. The molecule has 2 aromatic carbocycles. The van der Waals surface area contributed by atoms with Crippen LogP contribution in [0, 0.1) is 0 Å². The number of aromatic amines is 1. The third-order valence-electron chi connectivity index (χ3n) is 7.07. The van der Waals surface area contributed by atoms with Crippen LogP contribution in [0.1, 0.15) is 65.0 Å². The molecule has 4 aromatic rings. The normalized spacial score (nSPS) is 12.9. The highest BCUT2D eigenvalue weighted by Gasteiger charge is 2.23. The van der Waals surface area contributed by atoms with Gasteiger partial charge in [0.05, 0.1) is 24.2 Å². The highest BCUT2D eigenvalue weighted by atomic mass is 16.5. The number of benzene rings is 2. The number of nitrogens with two attached hydrogens (primary N) is 1. The second-order valence-corrected chi connectivity index (χ2v) is 10.7. The molecule has 0 spiro atoms. The summed E-state index contributed by atoms with van der Waals surface area (Å²) in [6.07, 6.45) is 3.83. The van der Waals surface area contributed by atoms with Gasteiger partial charge < -0.3 is 20.4 Å². The molecule has 1 atom stereocenters. The van der Waals surface area contributed by atoms with E-state index in [9.17, 15) is 0 Å². The summed E-state index contributed by atoms with van der Waals surface area (Å²) in [7, 11) is 1.69. The molecule has 0 aliphatic heterocycles. The first-order valence-electron chi connectivity index (χ1n) is 13.4. The Bertz CT molecular complexity index is 1330. The van der Waals surface area contributed by atoms with E-state index >= 15 is 0 Å². The van der Waals surface area contributed by atoms with Crippen LogP contribution in [0.2, 0.25) is 0 Å². The van der Waals surface area contributed by atoms with E-state index in [0.717, 1.165) is 83.0 Å². The number of H-pyrrole nitrogens is 1. The van der Waals surface area contributed by atoms with Crippen molar-refractivity contribution >= 4 is 10.8 Å². The topological polar surface area (TPSA) is 80.1 Å². The average Bonchev–Trinajstić information content (AvgIpc) is 3.37. The summed E-state index contributed by atoms with van der Waals surface area (Å²) in [5, 5.41) is 2.29. The number of aromatic nitrogens is 3. The molecule has 6 nitrogen and oxygen atoms in total. The van der Waals surface area contributed by atoms with Gasteiger partial charge >= 0.3 is 0 Å². The zero-order valence-corrected chi connectivity index (χ0v) is 23.1. The molecule has 196 valence electrons. The van der Waals surface area contributed by atoms with Crippen LogP contribution in [0.5, 0.6) is 5.75 Å². The van der Waals surface area contributed by atoms with E-state index in [0.29, 0.717) is 0 Å². The standard InChI is InChI=1S/C31H41N5O/c1-7-36(8-2)17-9-10-26(32)27-20-24(15-16-33-27)29-28(34-30(35-29)31(3,4)5)23-12-11-22-19-25(37-6)14-13-21(22)18-23/h11-16,18-20,26H,7-10,17,32H2,1-6H3,(H,34,35). The number of ether oxygens (including phenoxy) is 1. The molecule has 2 aromatic heterocycles. The van der Waals surface area contributed by atoms with Crippen LogP contribution < -0.4 is 10.5 Å². The van der Waals surface area contributed by atoms with E-state index in [2.05, 4.69) is 85.9 Å². The highest BCUT2D eigenvalue weighted by molar-refractivity contribution is 5.90. The van der Waals surface area contributed by atoms with Gasteiger partial charge in [0.1, 0.15) is 11.6 Å². The van der Waals surface area contributed by atoms with Gasteiger partial charge in [-0.05, 0) is 73.6 Å². The van der Waals surface area contributed by atoms with Crippen molar-refractivity contribution in [3.63, 3.8) is 0 Å². The SMILES string of the molecule is CCN(CC)CCCC(N)c1cc(-c2[nH]c(C(C)(C)C)nc2-c2ccc3cc(OC)ccc3c2)ccn1. The molecule has 6 heteroatoms. The summed E-state index contributed by atoms with van der Waals surface area (Å²) in [6.45, 7) is 14.1. The fourth-order valence-electron chi connectivity index (χ4n) is 4.67. The Labute approximate surface area is 221 Å². The first-order valence-corrected chi connectivity index (χ1v) is 13.4. The van der Waals surface area contributed by atoms with E-state index < -0.39 is 0 Å². The second-order valence-electron chi connectivity index (χ2n) is 10.7. The Morgan fingerprint density at radius 1 is 0.973 bits per heavy atom. The van der Waals surface area contributed by atoms with Crippen LogP contribution in [0.4, 0.5) is 0 Å². The van der Waals surface area contributed by atoms with E-state index in [1.807, 2.05) is 18.3 Å². The molecule has 0 saturated carbocycles. The van der Waals surface area contributed by atoms with E-state index in [1.165, 1.54) is 0 Å². The molecule has 37 heavy (non-hydrogen) atoms. The minimum Gasteiger partial charge on any atom is -0.497 e. The number of pyridine rings is 1. The maximum atomic E-state index is 6.60. The number of fused-ring (bicyclic) bond motifs is 1. The molecule has 1 unspecified atom stereocenters. The summed E-state index contributed by atoms with van der Waals surface area (Å²) in [6, 6.07) is 16.7. The van der Waals surface area contributed by atoms with Crippen LogP contribution in [-0.2, 0) is 5.41 Å². The Balaban J connectivity index is 1.69. The van der Waals surface area contributed by atoms with E-state index in [1.54, 1.807) is 7.11 Å². The average molecular weight is 500 g/mol. The van der Waals surface area contributed by atoms with Crippen molar-refractivity contribution < 1.29 is 4.74 Å². The predicted molar refractivity (Wildman–Crippen MR) is 154 cm³/mol. The number of hydrogen-bond acceptors (Lipinski definition) is 5. The van der Waals surface area contributed by atoms with Crippen LogP contribution in [0.25, 0.3) is 33.3 Å². The van der Waals surface area contributed by atoms with Gasteiger partial charge in [0.15, 0.2) is 0 Å². The fraction of sp³-hybridized carbons (Fsp3) is 0.419. The van der Waals surface area contributed by atoms with Crippen LogP contribution in [-0.4, -0.2) is 46.6 Å². The lowest BCUT2D eigenvalue weighted by molar-refractivity contribution is 0.293. The molecular weight excluding hydrogens is 458 g/mol. The second kappa shape index (κ2) is 11.4. The van der Waals surface area contributed by atoms with Gasteiger partial charge in [0.2, 0.25) is 0 Å². The number of nitrogens with zero attached hydrogens (tertiary/aromatic N) is 3. The Kier molecular flexibility index (Phi) is 8.30. The van der Waals surface area contributed by atoms with Crippen LogP contribution in [0.3, 0.4) is 0 Å². The van der Waals surface area contributed by atoms with E-state index in [-0.39, 0.29) is 11.5 Å². The first kappa shape index (κ1) is 26.8. The fourth-order valence-corrected chi connectivity index (χ4v) is 4.67. The summed E-state index contributed by atoms with van der Waals surface area (Å²) in [5.74, 6) is 1.81. The number of rotatable bonds is 10. The summed E-state index contributed by atoms with van der Waals surface area (Å²) in [4.78, 5) is 15.8. The van der Waals surface area contributed by atoms with Gasteiger partial charge in [-0.15, -0.1) is 0 Å². The predicted octanol–water partition coefficient (Wildman–Crippen LogP) is 6.72. The Morgan fingerprint density at radius 3 is 2.41 bits per heavy atom. The molecule has 0 aliphatic carbocycles. The number of hydrogen-bond donors (Lipinski definition) is 2. The highest BCUT2D eigenvalue weighted by Crippen LogP contribution is 2.35. The van der Waals surface area contributed by atoms with Crippen molar-refractivity contribution in [3.05, 3.63) is 66.2 Å². The molecule has 3 N–H and O–H groups in total. The van der Waals surface area contributed by atoms with Crippen molar-refractivity contribution in [1.82, 2.24) is 19.9 Å². The zero-order chi connectivity index (χ0) is 26.6.